The first-order chi connectivity index (χ1) is 16.1. The van der Waals surface area contributed by atoms with Gasteiger partial charge < -0.3 is 15.4 Å². The Balaban J connectivity index is 2.30. The molecule has 1 aliphatic rings. The van der Waals surface area contributed by atoms with Gasteiger partial charge in [-0.25, -0.2) is 5.48 Å². The Morgan fingerprint density at radius 1 is 1.06 bits per heavy atom. The van der Waals surface area contributed by atoms with Crippen LogP contribution in [-0.4, -0.2) is 48.7 Å². The minimum atomic E-state index is -1.15. The number of hydrogen-bond donors (Lipinski definition) is 4. The van der Waals surface area contributed by atoms with Crippen molar-refractivity contribution in [1.82, 2.24) is 16.1 Å². The van der Waals surface area contributed by atoms with E-state index in [0.717, 1.165) is 25.7 Å². The number of benzene rings is 1. The van der Waals surface area contributed by atoms with E-state index < -0.39 is 35.3 Å². The highest BCUT2D eigenvalue weighted by Gasteiger charge is 2.40. The van der Waals surface area contributed by atoms with Crippen LogP contribution >= 0.6 is 0 Å². The summed E-state index contributed by atoms with van der Waals surface area (Å²) < 4.78 is 5.78. The lowest BCUT2D eigenvalue weighted by molar-refractivity contribution is -0.152. The molecule has 190 valence electrons. The van der Waals surface area contributed by atoms with E-state index in [1.807, 2.05) is 39.8 Å². The van der Waals surface area contributed by atoms with Crippen molar-refractivity contribution in [3.8, 4) is 0 Å². The number of carbonyl (C=O) groups is 3. The lowest BCUT2D eigenvalue weighted by Gasteiger charge is -2.33. The van der Waals surface area contributed by atoms with Gasteiger partial charge in [0.25, 0.3) is 5.91 Å². The van der Waals surface area contributed by atoms with Gasteiger partial charge in [0, 0.05) is 13.7 Å². The molecule has 1 unspecified atom stereocenters. The maximum absolute atomic E-state index is 13.6. The first-order valence-corrected chi connectivity index (χ1v) is 12.3. The van der Waals surface area contributed by atoms with Crippen molar-refractivity contribution in [2.75, 3.05) is 13.7 Å². The third-order valence-corrected chi connectivity index (χ3v) is 6.58. The Hall–Kier alpha value is -2.45. The molecule has 1 aromatic rings. The summed E-state index contributed by atoms with van der Waals surface area (Å²) >= 11 is 0. The molecule has 0 radical (unpaired) electrons. The Morgan fingerprint density at radius 3 is 2.12 bits per heavy atom. The Morgan fingerprint density at radius 2 is 1.65 bits per heavy atom. The van der Waals surface area contributed by atoms with Gasteiger partial charge in [-0.15, -0.1) is 0 Å². The summed E-state index contributed by atoms with van der Waals surface area (Å²) in [6.07, 6.45) is 3.52. The molecule has 34 heavy (non-hydrogen) atoms. The van der Waals surface area contributed by atoms with Gasteiger partial charge in [-0.1, -0.05) is 52.0 Å². The van der Waals surface area contributed by atoms with E-state index >= 15 is 0 Å². The van der Waals surface area contributed by atoms with Crippen molar-refractivity contribution in [2.45, 2.75) is 78.4 Å². The summed E-state index contributed by atoms with van der Waals surface area (Å²) in [7, 11) is 1.53. The summed E-state index contributed by atoms with van der Waals surface area (Å²) in [5, 5.41) is 14.8. The second kappa shape index (κ2) is 12.9. The zero-order valence-corrected chi connectivity index (χ0v) is 21.1. The van der Waals surface area contributed by atoms with Crippen molar-refractivity contribution in [3.63, 3.8) is 0 Å². The Kier molecular flexibility index (Phi) is 10.5. The van der Waals surface area contributed by atoms with Crippen LogP contribution in [0.3, 0.4) is 0 Å². The normalized spacial score (nSPS) is 17.0. The van der Waals surface area contributed by atoms with Crippen molar-refractivity contribution in [2.24, 2.45) is 17.3 Å². The largest absolute Gasteiger partial charge is 0.367 e. The zero-order chi connectivity index (χ0) is 25.3. The van der Waals surface area contributed by atoms with E-state index in [4.69, 9.17) is 4.74 Å². The fraction of sp³-hybridized carbons (Fsp3) is 0.654. The fourth-order valence-electron chi connectivity index (χ4n) is 4.62. The third-order valence-electron chi connectivity index (χ3n) is 6.58. The average molecular weight is 476 g/mol. The average Bonchev–Trinajstić information content (AvgIpc) is 3.02. The second-order valence-corrected chi connectivity index (χ2v) is 10.2. The monoisotopic (exact) mass is 475 g/mol. The molecular weight excluding hydrogens is 434 g/mol. The smallest absolute Gasteiger partial charge is 0.273 e. The Bertz CT molecular complexity index is 809. The van der Waals surface area contributed by atoms with Crippen LogP contribution in [0.1, 0.15) is 64.5 Å². The molecule has 0 bridgehead atoms. The number of aryl methyl sites for hydroxylation is 2. The van der Waals surface area contributed by atoms with Gasteiger partial charge in [0.1, 0.15) is 12.1 Å². The standard InChI is InChI=1S/C26H41N3O5/c1-6-15-34-21(24(31)29-33)20(23(30)28-22(25(32)27-5)26(2,3)4)16-17-11-13-18-9-7-8-10-19(18)14-12-17/h7-10,17,20-22,33H,6,11-16H2,1-5H3,(H,27,32)(H,28,30)(H,29,31)/t20?,21-,22+/m0/s1. The molecular formula is C26H41N3O5. The molecule has 0 spiro atoms. The number of hydroxylamine groups is 1. The molecule has 0 heterocycles. The number of carbonyl (C=O) groups excluding carboxylic acids is 3. The number of fused-ring (bicyclic) bond motifs is 1. The van der Waals surface area contributed by atoms with Crippen LogP contribution in [0, 0.1) is 17.3 Å². The SMILES string of the molecule is CCCO[C@H](C(=O)NO)C(CC1CCc2ccccc2CC1)C(=O)N[C@H](C(=O)NC)C(C)(C)C. The molecule has 0 aromatic heterocycles. The minimum Gasteiger partial charge on any atom is -0.367 e. The highest BCUT2D eigenvalue weighted by Crippen LogP contribution is 2.31. The van der Waals surface area contributed by atoms with Gasteiger partial charge in [0.15, 0.2) is 0 Å². The first-order valence-electron chi connectivity index (χ1n) is 12.3. The van der Waals surface area contributed by atoms with Gasteiger partial charge in [0.05, 0.1) is 5.92 Å². The second-order valence-electron chi connectivity index (χ2n) is 10.2. The van der Waals surface area contributed by atoms with E-state index in [2.05, 4.69) is 22.8 Å². The maximum atomic E-state index is 13.6. The van der Waals surface area contributed by atoms with Crippen molar-refractivity contribution in [3.05, 3.63) is 35.4 Å². The van der Waals surface area contributed by atoms with Gasteiger partial charge in [-0.2, -0.15) is 0 Å². The third kappa shape index (κ3) is 7.53. The van der Waals surface area contributed by atoms with Gasteiger partial charge >= 0.3 is 0 Å². The van der Waals surface area contributed by atoms with Crippen LogP contribution in [0.15, 0.2) is 24.3 Å². The molecule has 0 aliphatic heterocycles. The lowest BCUT2D eigenvalue weighted by atomic mass is 9.82. The molecule has 3 amide bonds. The van der Waals surface area contributed by atoms with E-state index in [1.54, 1.807) is 5.48 Å². The highest BCUT2D eigenvalue weighted by atomic mass is 16.5. The molecule has 2 rings (SSSR count). The molecule has 1 aromatic carbocycles. The van der Waals surface area contributed by atoms with E-state index in [1.165, 1.54) is 18.2 Å². The zero-order valence-electron chi connectivity index (χ0n) is 21.1. The quantitative estimate of drug-likeness (QED) is 0.236. The van der Waals surface area contributed by atoms with Crippen LogP contribution in [0.2, 0.25) is 0 Å². The molecule has 8 nitrogen and oxygen atoms in total. The number of likely N-dealkylation sites (N-methyl/N-ethyl adjacent to an activating group) is 1. The summed E-state index contributed by atoms with van der Waals surface area (Å²) in [4.78, 5) is 38.7. The van der Waals surface area contributed by atoms with Gasteiger partial charge in [-0.3, -0.25) is 19.6 Å². The number of ether oxygens (including phenoxy) is 1. The predicted molar refractivity (Wildman–Crippen MR) is 130 cm³/mol. The predicted octanol–water partition coefficient (Wildman–Crippen LogP) is 2.77. The topological polar surface area (TPSA) is 117 Å². The number of nitrogens with one attached hydrogen (secondary N) is 3. The number of amides is 3. The molecule has 0 saturated heterocycles. The van der Waals surface area contributed by atoms with E-state index in [9.17, 15) is 19.6 Å². The van der Waals surface area contributed by atoms with Crippen LogP contribution in [0.25, 0.3) is 0 Å². The van der Waals surface area contributed by atoms with Crippen LogP contribution in [-0.2, 0) is 32.0 Å². The molecule has 0 fully saturated rings. The van der Waals surface area contributed by atoms with Crippen molar-refractivity contribution >= 4 is 17.7 Å². The van der Waals surface area contributed by atoms with Crippen LogP contribution in [0.4, 0.5) is 0 Å². The van der Waals surface area contributed by atoms with Crippen LogP contribution < -0.4 is 16.1 Å². The van der Waals surface area contributed by atoms with E-state index in [-0.39, 0.29) is 18.4 Å². The summed E-state index contributed by atoms with van der Waals surface area (Å²) in [6.45, 7) is 7.80. The maximum Gasteiger partial charge on any atom is 0.273 e. The van der Waals surface area contributed by atoms with Crippen LogP contribution in [0.5, 0.6) is 0 Å². The lowest BCUT2D eigenvalue weighted by Crippen LogP contribution is -2.56. The Labute approximate surface area is 203 Å². The molecule has 4 N–H and O–H groups in total. The van der Waals surface area contributed by atoms with E-state index in [0.29, 0.717) is 12.8 Å². The molecule has 3 atom stereocenters. The molecule has 0 saturated carbocycles. The fourth-order valence-corrected chi connectivity index (χ4v) is 4.62. The summed E-state index contributed by atoms with van der Waals surface area (Å²) in [6, 6.07) is 7.59. The van der Waals surface area contributed by atoms with Gasteiger partial charge in [0.2, 0.25) is 11.8 Å². The van der Waals surface area contributed by atoms with Gasteiger partial charge in [-0.05, 0) is 61.0 Å². The highest BCUT2D eigenvalue weighted by molar-refractivity contribution is 5.92. The van der Waals surface area contributed by atoms with Crippen molar-refractivity contribution < 1.29 is 24.3 Å². The van der Waals surface area contributed by atoms with Crippen molar-refractivity contribution in [1.29, 1.82) is 0 Å². The molecule has 8 heteroatoms. The molecule has 1 aliphatic carbocycles. The summed E-state index contributed by atoms with van der Waals surface area (Å²) in [5.74, 6) is -2.13. The summed E-state index contributed by atoms with van der Waals surface area (Å²) in [5.41, 5.74) is 3.78. The first kappa shape index (κ1) is 27.8. The number of rotatable bonds is 10. The number of hydrogen-bond acceptors (Lipinski definition) is 5. The minimum absolute atomic E-state index is 0.190.